The molecule has 2 amide bonds. The first-order valence-corrected chi connectivity index (χ1v) is 4.18. The second-order valence-corrected chi connectivity index (χ2v) is 2.83. The molecule has 0 radical (unpaired) electrons. The van der Waals surface area contributed by atoms with E-state index in [0.717, 1.165) is 6.08 Å². The molecule has 1 rings (SSSR count). The summed E-state index contributed by atoms with van der Waals surface area (Å²) in [4.78, 5) is 23.2. The lowest BCUT2D eigenvalue weighted by Crippen LogP contribution is -2.40. The van der Waals surface area contributed by atoms with Crippen molar-refractivity contribution in [3.8, 4) is 0 Å². The van der Waals surface area contributed by atoms with Crippen LogP contribution in [0.4, 0.5) is 0 Å². The molecule has 1 fully saturated rings. The van der Waals surface area contributed by atoms with Gasteiger partial charge in [0, 0.05) is 13.1 Å². The number of aliphatic hydroxyl groups is 1. The van der Waals surface area contributed by atoms with E-state index in [1.807, 2.05) is 0 Å². The molecule has 14 heavy (non-hydrogen) atoms. The zero-order valence-corrected chi connectivity index (χ0v) is 7.60. The fourth-order valence-electron chi connectivity index (χ4n) is 1.06. The van der Waals surface area contributed by atoms with Gasteiger partial charge >= 0.3 is 0 Å². The molecule has 1 saturated heterocycles. The average Bonchev–Trinajstić information content (AvgIpc) is 2.19. The van der Waals surface area contributed by atoms with Crippen LogP contribution in [-0.4, -0.2) is 48.1 Å². The van der Waals surface area contributed by atoms with Gasteiger partial charge in [-0.3, -0.25) is 9.59 Å². The second kappa shape index (κ2) is 4.61. The van der Waals surface area contributed by atoms with Crippen molar-refractivity contribution in [1.29, 1.82) is 0 Å². The number of hydrogen-bond donors (Lipinski definition) is 2. The number of carbonyl (C=O) groups excluding carboxylic acids is 2. The summed E-state index contributed by atoms with van der Waals surface area (Å²) in [5.74, 6) is -2.15. The summed E-state index contributed by atoms with van der Waals surface area (Å²) in [6.07, 6.45) is 0.827. The van der Waals surface area contributed by atoms with Gasteiger partial charge in [0.2, 0.25) is 0 Å². The number of morpholine rings is 1. The van der Waals surface area contributed by atoms with Gasteiger partial charge in [0.05, 0.1) is 19.3 Å². The van der Waals surface area contributed by atoms with Crippen LogP contribution in [0, 0.1) is 0 Å². The molecule has 1 heterocycles. The molecule has 0 aromatic heterocycles. The van der Waals surface area contributed by atoms with E-state index in [4.69, 9.17) is 15.6 Å². The van der Waals surface area contributed by atoms with Gasteiger partial charge < -0.3 is 20.5 Å². The largest absolute Gasteiger partial charge is 0.503 e. The van der Waals surface area contributed by atoms with E-state index in [1.165, 1.54) is 4.90 Å². The third kappa shape index (κ3) is 2.74. The lowest BCUT2D eigenvalue weighted by Gasteiger charge is -2.25. The normalized spacial score (nSPS) is 18.0. The summed E-state index contributed by atoms with van der Waals surface area (Å²) in [6.45, 7) is 1.86. The Kier molecular flexibility index (Phi) is 3.47. The molecule has 0 aliphatic carbocycles. The first-order chi connectivity index (χ1) is 6.61. The summed E-state index contributed by atoms with van der Waals surface area (Å²) in [5, 5.41) is 8.94. The lowest BCUT2D eigenvalue weighted by molar-refractivity contribution is -0.130. The van der Waals surface area contributed by atoms with Crippen molar-refractivity contribution >= 4 is 11.8 Å². The Morgan fingerprint density at radius 2 is 1.93 bits per heavy atom. The number of nitrogens with two attached hydrogens (primary N) is 1. The van der Waals surface area contributed by atoms with Crippen molar-refractivity contribution in [2.45, 2.75) is 0 Å². The van der Waals surface area contributed by atoms with Crippen LogP contribution >= 0.6 is 0 Å². The van der Waals surface area contributed by atoms with Crippen LogP contribution in [0.15, 0.2) is 11.8 Å². The van der Waals surface area contributed by atoms with E-state index in [1.54, 1.807) is 0 Å². The van der Waals surface area contributed by atoms with Crippen LogP contribution in [0.1, 0.15) is 0 Å². The molecule has 0 aromatic carbocycles. The van der Waals surface area contributed by atoms with E-state index in [9.17, 15) is 9.59 Å². The predicted molar refractivity (Wildman–Crippen MR) is 47.3 cm³/mol. The maximum absolute atomic E-state index is 11.3. The average molecular weight is 200 g/mol. The standard InChI is InChI=1S/C8H12N2O4/c9-8(13)6(11)5-7(12)10-1-3-14-4-2-10/h5,11H,1-4H2,(H2,9,13)/b6-5-. The van der Waals surface area contributed by atoms with Crippen molar-refractivity contribution in [2.75, 3.05) is 26.3 Å². The highest BCUT2D eigenvalue weighted by Crippen LogP contribution is 1.99. The molecule has 0 saturated carbocycles. The molecule has 0 bridgehead atoms. The Morgan fingerprint density at radius 1 is 1.36 bits per heavy atom. The van der Waals surface area contributed by atoms with Crippen molar-refractivity contribution in [3.05, 3.63) is 11.8 Å². The highest BCUT2D eigenvalue weighted by molar-refractivity contribution is 5.98. The fraction of sp³-hybridized carbons (Fsp3) is 0.500. The monoisotopic (exact) mass is 200 g/mol. The number of rotatable bonds is 2. The summed E-state index contributed by atoms with van der Waals surface area (Å²) in [6, 6.07) is 0. The van der Waals surface area contributed by atoms with Crippen LogP contribution < -0.4 is 5.73 Å². The van der Waals surface area contributed by atoms with Crippen LogP contribution in [0.5, 0.6) is 0 Å². The van der Waals surface area contributed by atoms with E-state index >= 15 is 0 Å². The van der Waals surface area contributed by atoms with Crippen LogP contribution in [0.25, 0.3) is 0 Å². The van der Waals surface area contributed by atoms with Crippen LogP contribution in [0.3, 0.4) is 0 Å². The molecule has 1 aliphatic heterocycles. The Balaban J connectivity index is 2.56. The number of amides is 2. The number of aliphatic hydroxyl groups excluding tert-OH is 1. The minimum atomic E-state index is -1.01. The molecule has 3 N–H and O–H groups in total. The van der Waals surface area contributed by atoms with Crippen molar-refractivity contribution in [3.63, 3.8) is 0 Å². The van der Waals surface area contributed by atoms with Gasteiger partial charge in [-0.15, -0.1) is 0 Å². The Bertz CT molecular complexity index is 269. The second-order valence-electron chi connectivity index (χ2n) is 2.83. The minimum absolute atomic E-state index is 0.426. The molecule has 6 heteroatoms. The number of nitrogens with zero attached hydrogens (tertiary/aromatic N) is 1. The fourth-order valence-corrected chi connectivity index (χ4v) is 1.06. The molecular weight excluding hydrogens is 188 g/mol. The lowest BCUT2D eigenvalue weighted by atomic mass is 10.3. The molecule has 6 nitrogen and oxygen atoms in total. The van der Waals surface area contributed by atoms with Gasteiger partial charge in [0.25, 0.3) is 11.8 Å². The molecule has 0 unspecified atom stereocenters. The molecular formula is C8H12N2O4. The molecule has 0 spiro atoms. The van der Waals surface area contributed by atoms with Crippen LogP contribution in [0.2, 0.25) is 0 Å². The summed E-state index contributed by atoms with van der Waals surface area (Å²) in [7, 11) is 0. The third-order valence-electron chi connectivity index (χ3n) is 1.84. The Labute approximate surface area is 80.9 Å². The minimum Gasteiger partial charge on any atom is -0.503 e. The van der Waals surface area contributed by atoms with Crippen molar-refractivity contribution < 1.29 is 19.4 Å². The maximum atomic E-state index is 11.3. The smallest absolute Gasteiger partial charge is 0.283 e. The molecule has 0 aromatic rings. The molecule has 1 aliphatic rings. The van der Waals surface area contributed by atoms with Gasteiger partial charge in [-0.2, -0.15) is 0 Å². The van der Waals surface area contributed by atoms with Gasteiger partial charge in [0.15, 0.2) is 5.76 Å². The number of ether oxygens (including phenoxy) is 1. The van der Waals surface area contributed by atoms with E-state index in [2.05, 4.69) is 0 Å². The first kappa shape index (κ1) is 10.5. The first-order valence-electron chi connectivity index (χ1n) is 4.18. The van der Waals surface area contributed by atoms with Gasteiger partial charge in [-0.1, -0.05) is 0 Å². The van der Waals surface area contributed by atoms with Crippen molar-refractivity contribution in [2.24, 2.45) is 5.73 Å². The summed E-state index contributed by atoms with van der Waals surface area (Å²) >= 11 is 0. The van der Waals surface area contributed by atoms with Crippen LogP contribution in [-0.2, 0) is 14.3 Å². The van der Waals surface area contributed by atoms with E-state index in [0.29, 0.717) is 26.3 Å². The zero-order chi connectivity index (χ0) is 10.6. The topological polar surface area (TPSA) is 92.9 Å². The number of carbonyl (C=O) groups is 2. The quantitative estimate of drug-likeness (QED) is 0.431. The summed E-state index contributed by atoms with van der Waals surface area (Å²) in [5.41, 5.74) is 4.76. The van der Waals surface area contributed by atoms with Gasteiger partial charge in [-0.25, -0.2) is 0 Å². The highest BCUT2D eigenvalue weighted by atomic mass is 16.5. The number of hydrogen-bond acceptors (Lipinski definition) is 4. The Hall–Kier alpha value is -1.56. The third-order valence-corrected chi connectivity index (χ3v) is 1.84. The highest BCUT2D eigenvalue weighted by Gasteiger charge is 2.16. The predicted octanol–water partition coefficient (Wildman–Crippen LogP) is -1.23. The molecule has 0 atom stereocenters. The zero-order valence-electron chi connectivity index (χ0n) is 7.60. The van der Waals surface area contributed by atoms with E-state index in [-0.39, 0.29) is 0 Å². The van der Waals surface area contributed by atoms with Crippen molar-refractivity contribution in [1.82, 2.24) is 4.90 Å². The van der Waals surface area contributed by atoms with Gasteiger partial charge in [-0.05, 0) is 0 Å². The molecule has 78 valence electrons. The van der Waals surface area contributed by atoms with E-state index < -0.39 is 17.6 Å². The summed E-state index contributed by atoms with van der Waals surface area (Å²) < 4.78 is 5.03. The SMILES string of the molecule is NC(=O)/C(O)=C/C(=O)N1CCOCC1. The van der Waals surface area contributed by atoms with Gasteiger partial charge in [0.1, 0.15) is 0 Å². The Morgan fingerprint density at radius 3 is 2.43 bits per heavy atom. The maximum Gasteiger partial charge on any atom is 0.283 e. The number of primary amides is 1.